The van der Waals surface area contributed by atoms with Crippen LogP contribution in [0.2, 0.25) is 0 Å². The highest BCUT2D eigenvalue weighted by molar-refractivity contribution is 6.17. The fourth-order valence-electron chi connectivity index (χ4n) is 4.00. The van der Waals surface area contributed by atoms with Crippen molar-refractivity contribution in [3.05, 3.63) is 0 Å². The van der Waals surface area contributed by atoms with Crippen LogP contribution in [-0.2, 0) is 28.6 Å². The molecule has 0 atom stereocenters. The van der Waals surface area contributed by atoms with Gasteiger partial charge in [0.05, 0.1) is 19.8 Å². The molecule has 0 aliphatic heterocycles. The molecule has 0 aromatic carbocycles. The molecule has 0 aliphatic carbocycles. The van der Waals surface area contributed by atoms with E-state index in [2.05, 4.69) is 27.7 Å². The Bertz CT molecular complexity index is 481. The molecule has 0 N–H and O–H groups in total. The molecule has 6 heteroatoms. The number of hydrogen-bond acceptors (Lipinski definition) is 6. The number of unbranched alkanes of at least 4 members (excludes halogenated alkanes) is 13. The zero-order valence-electron chi connectivity index (χ0n) is 23.3. The maximum absolute atomic E-state index is 13.3. The average molecular weight is 499 g/mol. The molecule has 0 rings (SSSR count). The molecule has 0 aliphatic rings. The molecule has 0 aromatic heterocycles. The first-order valence-electron chi connectivity index (χ1n) is 14.5. The third-order valence-corrected chi connectivity index (χ3v) is 6.39. The van der Waals surface area contributed by atoms with Crippen LogP contribution in [0, 0.1) is 5.41 Å². The zero-order chi connectivity index (χ0) is 26.2. The summed E-state index contributed by atoms with van der Waals surface area (Å²) in [5.41, 5.74) is -2.02. The topological polar surface area (TPSA) is 78.9 Å². The van der Waals surface area contributed by atoms with Crippen molar-refractivity contribution in [2.24, 2.45) is 5.41 Å². The fraction of sp³-hybridized carbons (Fsp3) is 0.897. The molecule has 0 fully saturated rings. The summed E-state index contributed by atoms with van der Waals surface area (Å²) in [7, 11) is 0. The maximum atomic E-state index is 13.3. The second-order valence-corrected chi connectivity index (χ2v) is 9.66. The second kappa shape index (κ2) is 22.8. The lowest BCUT2D eigenvalue weighted by molar-refractivity contribution is -0.185. The van der Waals surface area contributed by atoms with Crippen molar-refractivity contribution in [2.45, 2.75) is 143 Å². The largest absolute Gasteiger partial charge is 0.464 e. The van der Waals surface area contributed by atoms with Gasteiger partial charge in [0.1, 0.15) is 0 Å². The van der Waals surface area contributed by atoms with Crippen molar-refractivity contribution < 1.29 is 28.6 Å². The first-order valence-corrected chi connectivity index (χ1v) is 14.5. The quantitative estimate of drug-likeness (QED) is 0.0587. The smallest absolute Gasteiger partial charge is 0.335 e. The zero-order valence-corrected chi connectivity index (χ0v) is 23.3. The molecule has 0 amide bonds. The summed E-state index contributed by atoms with van der Waals surface area (Å²) in [5.74, 6) is -2.41. The van der Waals surface area contributed by atoms with Crippen LogP contribution in [0.15, 0.2) is 0 Å². The highest BCUT2D eigenvalue weighted by atomic mass is 16.6. The third-order valence-electron chi connectivity index (χ3n) is 6.39. The van der Waals surface area contributed by atoms with Crippen molar-refractivity contribution in [2.75, 3.05) is 19.8 Å². The van der Waals surface area contributed by atoms with Gasteiger partial charge in [0, 0.05) is 0 Å². The molecule has 0 aromatic rings. The van der Waals surface area contributed by atoms with Crippen molar-refractivity contribution >= 4 is 17.9 Å². The molecule has 0 radical (unpaired) electrons. The standard InChI is InChI=1S/C29H54O6/c1-5-9-13-17-18-22-29(26(30)33-23-19-14-10-6-2,27(31)34-24-20-15-11-7-3)28(32)35-25-21-16-12-8-4/h5-25H2,1-4H3. The van der Waals surface area contributed by atoms with Crippen LogP contribution in [-0.4, -0.2) is 37.7 Å². The minimum Gasteiger partial charge on any atom is -0.464 e. The number of hydrogen-bond donors (Lipinski definition) is 0. The van der Waals surface area contributed by atoms with E-state index < -0.39 is 23.3 Å². The molecule has 0 unspecified atom stereocenters. The summed E-state index contributed by atoms with van der Waals surface area (Å²) in [6, 6.07) is 0. The summed E-state index contributed by atoms with van der Waals surface area (Å²) in [6.45, 7) is 9.07. The van der Waals surface area contributed by atoms with Gasteiger partial charge in [-0.25, -0.2) is 0 Å². The van der Waals surface area contributed by atoms with Gasteiger partial charge in [-0.1, -0.05) is 118 Å². The molecular weight excluding hydrogens is 444 g/mol. The van der Waals surface area contributed by atoms with E-state index in [1.54, 1.807) is 0 Å². The lowest BCUT2D eigenvalue weighted by atomic mass is 9.82. The van der Waals surface area contributed by atoms with Gasteiger partial charge in [-0.2, -0.15) is 0 Å². The Kier molecular flexibility index (Phi) is 21.8. The van der Waals surface area contributed by atoms with E-state index in [4.69, 9.17) is 14.2 Å². The maximum Gasteiger partial charge on any atom is 0.335 e. The van der Waals surface area contributed by atoms with E-state index in [1.807, 2.05) is 0 Å². The summed E-state index contributed by atoms with van der Waals surface area (Å²) < 4.78 is 16.6. The van der Waals surface area contributed by atoms with Gasteiger partial charge in [-0.15, -0.1) is 0 Å². The first kappa shape index (κ1) is 33.4. The fourth-order valence-corrected chi connectivity index (χ4v) is 4.00. The van der Waals surface area contributed by atoms with E-state index in [0.717, 1.165) is 83.5 Å². The van der Waals surface area contributed by atoms with Crippen LogP contribution in [0.25, 0.3) is 0 Å². The van der Waals surface area contributed by atoms with E-state index in [1.165, 1.54) is 0 Å². The number of carbonyl (C=O) groups is 3. The molecule has 0 heterocycles. The van der Waals surface area contributed by atoms with Crippen LogP contribution in [0.4, 0.5) is 0 Å². The van der Waals surface area contributed by atoms with Crippen LogP contribution in [0.1, 0.15) is 143 Å². The SMILES string of the molecule is CCCCCCCC(C(=O)OCCCCCC)(C(=O)OCCCCCC)C(=O)OCCCCCC. The third kappa shape index (κ3) is 14.5. The summed E-state index contributed by atoms with van der Waals surface area (Å²) >= 11 is 0. The number of rotatable bonds is 24. The van der Waals surface area contributed by atoms with Crippen molar-refractivity contribution in [3.63, 3.8) is 0 Å². The monoisotopic (exact) mass is 498 g/mol. The Morgan fingerprint density at radius 1 is 0.429 bits per heavy atom. The predicted octanol–water partition coefficient (Wildman–Crippen LogP) is 7.70. The van der Waals surface area contributed by atoms with Gasteiger partial charge >= 0.3 is 17.9 Å². The average Bonchev–Trinajstić information content (AvgIpc) is 2.85. The molecule has 0 saturated carbocycles. The lowest BCUT2D eigenvalue weighted by Gasteiger charge is -2.27. The Labute approximate surface area is 215 Å². The lowest BCUT2D eigenvalue weighted by Crippen LogP contribution is -2.49. The Morgan fingerprint density at radius 3 is 1.03 bits per heavy atom. The molecule has 0 saturated heterocycles. The van der Waals surface area contributed by atoms with E-state index >= 15 is 0 Å². The van der Waals surface area contributed by atoms with E-state index in [9.17, 15) is 14.4 Å². The number of carbonyl (C=O) groups excluding carboxylic acids is 3. The molecule has 0 bridgehead atoms. The van der Waals surface area contributed by atoms with Gasteiger partial charge in [-0.3, -0.25) is 14.4 Å². The van der Waals surface area contributed by atoms with Crippen LogP contribution in [0.3, 0.4) is 0 Å². The first-order chi connectivity index (χ1) is 17.0. The summed E-state index contributed by atoms with van der Waals surface area (Å²) in [6.07, 6.45) is 16.0. The molecule has 35 heavy (non-hydrogen) atoms. The summed E-state index contributed by atoms with van der Waals surface area (Å²) in [5, 5.41) is 0. The van der Waals surface area contributed by atoms with E-state index in [0.29, 0.717) is 25.7 Å². The Morgan fingerprint density at radius 2 is 0.714 bits per heavy atom. The number of esters is 3. The molecule has 0 spiro atoms. The Hall–Kier alpha value is -1.59. The van der Waals surface area contributed by atoms with Crippen LogP contribution < -0.4 is 0 Å². The predicted molar refractivity (Wildman–Crippen MR) is 141 cm³/mol. The van der Waals surface area contributed by atoms with Gasteiger partial charge < -0.3 is 14.2 Å². The number of ether oxygens (including phenoxy) is 3. The minimum absolute atomic E-state index is 0.0755. The van der Waals surface area contributed by atoms with Gasteiger partial charge in [0.15, 0.2) is 0 Å². The van der Waals surface area contributed by atoms with Gasteiger partial charge in [-0.05, 0) is 25.7 Å². The van der Waals surface area contributed by atoms with Crippen LogP contribution >= 0.6 is 0 Å². The summed E-state index contributed by atoms with van der Waals surface area (Å²) in [4.78, 5) is 40.0. The molecule has 206 valence electrons. The highest BCUT2D eigenvalue weighted by Gasteiger charge is 2.57. The Balaban J connectivity index is 5.50. The highest BCUT2D eigenvalue weighted by Crippen LogP contribution is 2.32. The van der Waals surface area contributed by atoms with Gasteiger partial charge in [0.2, 0.25) is 0 Å². The van der Waals surface area contributed by atoms with Crippen molar-refractivity contribution in [1.29, 1.82) is 0 Å². The van der Waals surface area contributed by atoms with Crippen molar-refractivity contribution in [1.82, 2.24) is 0 Å². The minimum atomic E-state index is -2.02. The van der Waals surface area contributed by atoms with Crippen LogP contribution in [0.5, 0.6) is 0 Å². The molecular formula is C29H54O6. The normalized spacial score (nSPS) is 11.3. The van der Waals surface area contributed by atoms with Crippen molar-refractivity contribution in [3.8, 4) is 0 Å². The van der Waals surface area contributed by atoms with Gasteiger partial charge in [0.25, 0.3) is 5.41 Å². The van der Waals surface area contributed by atoms with E-state index in [-0.39, 0.29) is 26.2 Å². The molecule has 6 nitrogen and oxygen atoms in total. The second-order valence-electron chi connectivity index (χ2n) is 9.66.